The van der Waals surface area contributed by atoms with E-state index < -0.39 is 0 Å². The Morgan fingerprint density at radius 1 is 0.833 bits per heavy atom. The fourth-order valence-corrected chi connectivity index (χ4v) is 2.09. The molecule has 0 saturated heterocycles. The summed E-state index contributed by atoms with van der Waals surface area (Å²) in [6.45, 7) is 0. The van der Waals surface area contributed by atoms with E-state index >= 15 is 0 Å². The summed E-state index contributed by atoms with van der Waals surface area (Å²) in [5.41, 5.74) is 3.62. The lowest BCUT2D eigenvalue weighted by molar-refractivity contribution is -0.673. The lowest BCUT2D eigenvalue weighted by atomic mass is 10.1. The van der Waals surface area contributed by atoms with E-state index in [0.29, 0.717) is 0 Å². The van der Waals surface area contributed by atoms with Crippen molar-refractivity contribution >= 4 is 17.8 Å². The maximum Gasteiger partial charge on any atom is 0.204 e. The van der Waals surface area contributed by atoms with Gasteiger partial charge in [0.05, 0.1) is 0 Å². The number of hydrogen-bond donors (Lipinski definition) is 0. The molecule has 0 saturated carbocycles. The fourth-order valence-electron chi connectivity index (χ4n) is 2.09. The number of rotatable bonds is 3. The first kappa shape index (κ1) is 17.4. The highest BCUT2D eigenvalue weighted by molar-refractivity contribution is 5.68. The minimum absolute atomic E-state index is 1.19. The molecular formula is C21H24N3+. The van der Waals surface area contributed by atoms with Crippen LogP contribution in [0.1, 0.15) is 11.3 Å². The summed E-state index contributed by atoms with van der Waals surface area (Å²) in [5.74, 6) is 0. The van der Waals surface area contributed by atoms with Gasteiger partial charge < -0.3 is 4.90 Å². The summed E-state index contributed by atoms with van der Waals surface area (Å²) in [7, 11) is 6.15. The van der Waals surface area contributed by atoms with Crippen molar-refractivity contribution in [1.29, 1.82) is 0 Å². The third kappa shape index (κ3) is 5.69. The second-order valence-electron chi connectivity index (χ2n) is 5.58. The smallest absolute Gasteiger partial charge is 0.204 e. The standard InChI is InChI=1S/C16H19N2.C5H5N/c1-17(2)15-10-7-14(8-11-15)9-12-16-6-4-5-13-18(16)3;1-2-4-6-5-3-1/h4-13H,1-3H3;1-5H/q+1;. The van der Waals surface area contributed by atoms with Crippen LogP contribution in [0, 0.1) is 0 Å². The van der Waals surface area contributed by atoms with Crippen molar-refractivity contribution < 1.29 is 4.57 Å². The zero-order valence-corrected chi connectivity index (χ0v) is 14.5. The molecule has 0 aliphatic rings. The van der Waals surface area contributed by atoms with Crippen LogP contribution in [0.5, 0.6) is 0 Å². The Kier molecular flexibility index (Phi) is 6.72. The summed E-state index contributed by atoms with van der Waals surface area (Å²) in [6.07, 6.45) is 9.81. The van der Waals surface area contributed by atoms with Crippen LogP contribution in [0.25, 0.3) is 12.2 Å². The Morgan fingerprint density at radius 3 is 2.04 bits per heavy atom. The van der Waals surface area contributed by atoms with Crippen LogP contribution >= 0.6 is 0 Å². The normalized spacial score (nSPS) is 10.1. The van der Waals surface area contributed by atoms with Gasteiger partial charge in [0.2, 0.25) is 5.69 Å². The van der Waals surface area contributed by atoms with Crippen molar-refractivity contribution in [3.05, 3.63) is 90.5 Å². The van der Waals surface area contributed by atoms with Crippen LogP contribution in [-0.4, -0.2) is 19.1 Å². The van der Waals surface area contributed by atoms with Gasteiger partial charge >= 0.3 is 0 Å². The third-order valence-electron chi connectivity index (χ3n) is 3.52. The average Bonchev–Trinajstić information content (AvgIpc) is 2.63. The molecule has 3 nitrogen and oxygen atoms in total. The Labute approximate surface area is 144 Å². The van der Waals surface area contributed by atoms with E-state index in [9.17, 15) is 0 Å². The lowest BCUT2D eigenvalue weighted by Gasteiger charge is -2.11. The SMILES string of the molecule is CN(C)c1ccc(C=Cc2cccc[n+]2C)cc1.c1ccncc1. The Balaban J connectivity index is 0.000000292. The number of aryl methyl sites for hydroxylation is 1. The molecule has 24 heavy (non-hydrogen) atoms. The highest BCUT2D eigenvalue weighted by Gasteiger charge is 1.99. The highest BCUT2D eigenvalue weighted by Crippen LogP contribution is 2.13. The van der Waals surface area contributed by atoms with Crippen LogP contribution in [0.4, 0.5) is 5.69 Å². The number of hydrogen-bond acceptors (Lipinski definition) is 2. The molecule has 0 amide bonds. The molecule has 0 radical (unpaired) electrons. The minimum Gasteiger partial charge on any atom is -0.378 e. The second-order valence-corrected chi connectivity index (χ2v) is 5.58. The molecule has 1 aromatic carbocycles. The van der Waals surface area contributed by atoms with Crippen molar-refractivity contribution in [2.45, 2.75) is 0 Å². The molecule has 0 bridgehead atoms. The second kappa shape index (κ2) is 9.26. The Hall–Kier alpha value is -2.94. The largest absolute Gasteiger partial charge is 0.378 e. The molecule has 0 fully saturated rings. The van der Waals surface area contributed by atoms with Gasteiger partial charge in [-0.1, -0.05) is 18.2 Å². The van der Waals surface area contributed by atoms with Gasteiger partial charge in [-0.3, -0.25) is 4.98 Å². The highest BCUT2D eigenvalue weighted by atomic mass is 15.1. The quantitative estimate of drug-likeness (QED) is 0.684. The van der Waals surface area contributed by atoms with Crippen molar-refractivity contribution in [1.82, 2.24) is 4.98 Å². The van der Waals surface area contributed by atoms with Crippen molar-refractivity contribution in [2.24, 2.45) is 7.05 Å². The molecule has 3 rings (SSSR count). The molecule has 0 spiro atoms. The van der Waals surface area contributed by atoms with E-state index in [2.05, 4.69) is 90.3 Å². The topological polar surface area (TPSA) is 20.0 Å². The van der Waals surface area contributed by atoms with Crippen LogP contribution in [0.15, 0.2) is 79.3 Å². The van der Waals surface area contributed by atoms with Gasteiger partial charge in [-0.2, -0.15) is 0 Å². The van der Waals surface area contributed by atoms with Gasteiger partial charge in [0.25, 0.3) is 0 Å². The molecular weight excluding hydrogens is 294 g/mol. The molecule has 0 unspecified atom stereocenters. The number of aromatic nitrogens is 2. The number of anilines is 1. The molecule has 0 N–H and O–H groups in total. The molecule has 0 aliphatic carbocycles. The van der Waals surface area contributed by atoms with E-state index in [1.807, 2.05) is 24.3 Å². The van der Waals surface area contributed by atoms with Gasteiger partial charge in [0.1, 0.15) is 7.05 Å². The first-order valence-electron chi connectivity index (χ1n) is 7.92. The summed E-state index contributed by atoms with van der Waals surface area (Å²) in [5, 5.41) is 0. The summed E-state index contributed by atoms with van der Waals surface area (Å²) in [4.78, 5) is 5.89. The minimum atomic E-state index is 1.19. The number of nitrogens with zero attached hydrogens (tertiary/aromatic N) is 3. The number of pyridine rings is 2. The lowest BCUT2D eigenvalue weighted by Crippen LogP contribution is -2.30. The average molecular weight is 318 g/mol. The van der Waals surface area contributed by atoms with Crippen LogP contribution in [-0.2, 0) is 7.05 Å². The van der Waals surface area contributed by atoms with Crippen molar-refractivity contribution in [3.63, 3.8) is 0 Å². The molecule has 0 atom stereocenters. The predicted molar refractivity (Wildman–Crippen MR) is 102 cm³/mol. The van der Waals surface area contributed by atoms with Gasteiger partial charge in [0, 0.05) is 50.4 Å². The van der Waals surface area contributed by atoms with E-state index in [1.54, 1.807) is 12.4 Å². The first-order valence-corrected chi connectivity index (χ1v) is 7.92. The molecule has 2 aromatic heterocycles. The van der Waals surface area contributed by atoms with E-state index in [-0.39, 0.29) is 0 Å². The van der Waals surface area contributed by atoms with Gasteiger partial charge in [-0.15, -0.1) is 0 Å². The Morgan fingerprint density at radius 2 is 1.54 bits per heavy atom. The molecule has 0 aliphatic heterocycles. The maximum absolute atomic E-state index is 3.78. The van der Waals surface area contributed by atoms with Crippen molar-refractivity contribution in [3.8, 4) is 0 Å². The van der Waals surface area contributed by atoms with Gasteiger partial charge in [-0.25, -0.2) is 4.57 Å². The van der Waals surface area contributed by atoms with Crippen LogP contribution < -0.4 is 9.47 Å². The zero-order chi connectivity index (χ0) is 17.2. The first-order chi connectivity index (χ1) is 11.7. The molecule has 3 aromatic rings. The Bertz CT molecular complexity index is 721. The zero-order valence-electron chi connectivity index (χ0n) is 14.5. The molecule has 122 valence electrons. The van der Waals surface area contributed by atoms with Crippen LogP contribution in [0.3, 0.4) is 0 Å². The fraction of sp³-hybridized carbons (Fsp3) is 0.143. The third-order valence-corrected chi connectivity index (χ3v) is 3.52. The van der Waals surface area contributed by atoms with Crippen molar-refractivity contribution in [2.75, 3.05) is 19.0 Å². The number of benzene rings is 1. The monoisotopic (exact) mass is 318 g/mol. The van der Waals surface area contributed by atoms with Gasteiger partial charge in [-0.05, 0) is 42.0 Å². The molecule has 2 heterocycles. The van der Waals surface area contributed by atoms with E-state index in [4.69, 9.17) is 0 Å². The summed E-state index contributed by atoms with van der Waals surface area (Å²) < 4.78 is 2.10. The maximum atomic E-state index is 3.78. The molecule has 3 heteroatoms. The van der Waals surface area contributed by atoms with E-state index in [0.717, 1.165) is 0 Å². The van der Waals surface area contributed by atoms with E-state index in [1.165, 1.54) is 16.9 Å². The summed E-state index contributed by atoms with van der Waals surface area (Å²) >= 11 is 0. The van der Waals surface area contributed by atoms with Gasteiger partial charge in [0.15, 0.2) is 6.20 Å². The summed E-state index contributed by atoms with van der Waals surface area (Å²) in [6, 6.07) is 20.4. The predicted octanol–water partition coefficient (Wildman–Crippen LogP) is 3.83. The van der Waals surface area contributed by atoms with Crippen LogP contribution in [0.2, 0.25) is 0 Å².